The molecule has 0 heterocycles. The average Bonchev–Trinajstić information content (AvgIpc) is 2.64. The summed E-state index contributed by atoms with van der Waals surface area (Å²) < 4.78 is 10.6. The van der Waals surface area contributed by atoms with Crippen LogP contribution >= 0.6 is 0 Å². The summed E-state index contributed by atoms with van der Waals surface area (Å²) in [7, 11) is 1.66. The van der Waals surface area contributed by atoms with Crippen LogP contribution in [-0.4, -0.2) is 45.9 Å². The monoisotopic (exact) mass is 328 g/mol. The Balaban J connectivity index is 1.79. The van der Waals surface area contributed by atoms with E-state index in [1.807, 2.05) is 54.6 Å². The van der Waals surface area contributed by atoms with Gasteiger partial charge in [0.25, 0.3) is 5.91 Å². The van der Waals surface area contributed by atoms with Crippen molar-refractivity contribution in [3.05, 3.63) is 54.6 Å². The van der Waals surface area contributed by atoms with Crippen LogP contribution in [0.1, 0.15) is 0 Å². The second-order valence-corrected chi connectivity index (χ2v) is 5.24. The van der Waals surface area contributed by atoms with Gasteiger partial charge in [-0.15, -0.1) is 0 Å². The van der Waals surface area contributed by atoms with Crippen molar-refractivity contribution in [2.45, 2.75) is 0 Å². The zero-order valence-electron chi connectivity index (χ0n) is 14.0. The maximum absolute atomic E-state index is 11.9. The maximum atomic E-state index is 11.9. The predicted molar refractivity (Wildman–Crippen MR) is 95.1 cm³/mol. The lowest BCUT2D eigenvalue weighted by atomic mass is 10.1. The van der Waals surface area contributed by atoms with Gasteiger partial charge in [-0.25, -0.2) is 0 Å². The molecule has 0 fully saturated rings. The highest BCUT2D eigenvalue weighted by Gasteiger charge is 2.07. The van der Waals surface area contributed by atoms with E-state index in [0.717, 1.165) is 17.7 Å². The van der Waals surface area contributed by atoms with Gasteiger partial charge >= 0.3 is 0 Å². The first-order valence-electron chi connectivity index (χ1n) is 8.05. The van der Waals surface area contributed by atoms with Gasteiger partial charge in [-0.3, -0.25) is 4.79 Å². The minimum Gasteiger partial charge on any atom is -0.483 e. The van der Waals surface area contributed by atoms with Gasteiger partial charge in [0, 0.05) is 32.3 Å². The highest BCUT2D eigenvalue weighted by Crippen LogP contribution is 2.29. The molecule has 2 N–H and O–H groups in total. The molecule has 0 saturated heterocycles. The van der Waals surface area contributed by atoms with Crippen molar-refractivity contribution in [1.29, 1.82) is 0 Å². The molecule has 5 heteroatoms. The lowest BCUT2D eigenvalue weighted by molar-refractivity contribution is -0.123. The largest absolute Gasteiger partial charge is 0.483 e. The molecule has 24 heavy (non-hydrogen) atoms. The molecule has 0 spiro atoms. The summed E-state index contributed by atoms with van der Waals surface area (Å²) >= 11 is 0. The Morgan fingerprint density at radius 2 is 1.71 bits per heavy atom. The molecule has 2 aromatic rings. The number of rotatable bonds is 10. The van der Waals surface area contributed by atoms with Crippen molar-refractivity contribution in [1.82, 2.24) is 10.6 Å². The number of carbonyl (C=O) groups is 1. The standard InChI is InChI=1S/C19H24N2O3/c1-23-14-13-20-11-12-21-19(22)15-24-18-10-6-5-9-17(18)16-7-3-2-4-8-16/h2-10,20H,11-15H2,1H3,(H,21,22). The molecule has 0 bridgehead atoms. The third-order valence-corrected chi connectivity index (χ3v) is 3.44. The zero-order valence-corrected chi connectivity index (χ0v) is 14.0. The van der Waals surface area contributed by atoms with Gasteiger partial charge in [0.1, 0.15) is 5.75 Å². The van der Waals surface area contributed by atoms with Crippen LogP contribution in [0, 0.1) is 0 Å². The Kier molecular flexibility index (Phi) is 7.80. The molecule has 0 aliphatic heterocycles. The SMILES string of the molecule is COCCNCCNC(=O)COc1ccccc1-c1ccccc1. The number of amides is 1. The van der Waals surface area contributed by atoms with Crippen LogP contribution in [0.15, 0.2) is 54.6 Å². The summed E-state index contributed by atoms with van der Waals surface area (Å²) in [5, 5.41) is 5.99. The first-order chi connectivity index (χ1) is 11.8. The predicted octanol–water partition coefficient (Wildman–Crippen LogP) is 2.08. The van der Waals surface area contributed by atoms with Crippen LogP contribution in [0.4, 0.5) is 0 Å². The van der Waals surface area contributed by atoms with Crippen molar-refractivity contribution >= 4 is 5.91 Å². The quantitative estimate of drug-likeness (QED) is 0.656. The Morgan fingerprint density at radius 1 is 0.958 bits per heavy atom. The molecule has 0 radical (unpaired) electrons. The number of para-hydroxylation sites is 1. The van der Waals surface area contributed by atoms with Crippen LogP contribution in [0.3, 0.4) is 0 Å². The van der Waals surface area contributed by atoms with Crippen molar-refractivity contribution < 1.29 is 14.3 Å². The molecule has 0 aromatic heterocycles. The van der Waals surface area contributed by atoms with Crippen LogP contribution in [-0.2, 0) is 9.53 Å². The van der Waals surface area contributed by atoms with Gasteiger partial charge in [-0.05, 0) is 11.6 Å². The minimum atomic E-state index is -0.133. The van der Waals surface area contributed by atoms with Crippen molar-refractivity contribution in [3.8, 4) is 16.9 Å². The number of hydrogen-bond acceptors (Lipinski definition) is 4. The third-order valence-electron chi connectivity index (χ3n) is 3.44. The first kappa shape index (κ1) is 18.0. The minimum absolute atomic E-state index is 0.00190. The molecule has 2 aromatic carbocycles. The van der Waals surface area contributed by atoms with Crippen LogP contribution in [0.25, 0.3) is 11.1 Å². The van der Waals surface area contributed by atoms with Gasteiger partial charge in [0.15, 0.2) is 6.61 Å². The fourth-order valence-electron chi connectivity index (χ4n) is 2.23. The fraction of sp³-hybridized carbons (Fsp3) is 0.316. The molecule has 0 atom stereocenters. The van der Waals surface area contributed by atoms with Gasteiger partial charge in [-0.2, -0.15) is 0 Å². The number of methoxy groups -OCH3 is 1. The molecule has 0 unspecified atom stereocenters. The summed E-state index contributed by atoms with van der Waals surface area (Å²) in [5.41, 5.74) is 2.04. The van der Waals surface area contributed by atoms with Gasteiger partial charge in [-0.1, -0.05) is 48.5 Å². The smallest absolute Gasteiger partial charge is 0.257 e. The first-order valence-corrected chi connectivity index (χ1v) is 8.05. The van der Waals surface area contributed by atoms with E-state index >= 15 is 0 Å². The third kappa shape index (κ3) is 6.02. The maximum Gasteiger partial charge on any atom is 0.257 e. The van der Waals surface area contributed by atoms with E-state index in [1.54, 1.807) is 7.11 Å². The lowest BCUT2D eigenvalue weighted by Gasteiger charge is -2.12. The number of hydrogen-bond donors (Lipinski definition) is 2. The van der Waals surface area contributed by atoms with Gasteiger partial charge < -0.3 is 20.1 Å². The van der Waals surface area contributed by atoms with E-state index in [9.17, 15) is 4.79 Å². The summed E-state index contributed by atoms with van der Waals surface area (Å²) in [6, 6.07) is 17.7. The highest BCUT2D eigenvalue weighted by molar-refractivity contribution is 5.78. The average molecular weight is 328 g/mol. The molecule has 0 aliphatic rings. The molecule has 0 aliphatic carbocycles. The zero-order chi connectivity index (χ0) is 17.0. The number of ether oxygens (including phenoxy) is 2. The van der Waals surface area contributed by atoms with Crippen LogP contribution in [0.2, 0.25) is 0 Å². The second kappa shape index (κ2) is 10.4. The Bertz CT molecular complexity index is 617. The van der Waals surface area contributed by atoms with Crippen LogP contribution < -0.4 is 15.4 Å². The molecular formula is C19H24N2O3. The summed E-state index contributed by atoms with van der Waals surface area (Å²) in [5.74, 6) is 0.573. The Hall–Kier alpha value is -2.37. The molecule has 2 rings (SSSR count). The van der Waals surface area contributed by atoms with E-state index in [0.29, 0.717) is 25.4 Å². The summed E-state index contributed by atoms with van der Waals surface area (Å²) in [6.07, 6.45) is 0. The topological polar surface area (TPSA) is 59.6 Å². The van der Waals surface area contributed by atoms with Gasteiger partial charge in [0.05, 0.1) is 6.61 Å². The molecule has 128 valence electrons. The van der Waals surface area contributed by atoms with Crippen molar-refractivity contribution in [3.63, 3.8) is 0 Å². The van der Waals surface area contributed by atoms with E-state index < -0.39 is 0 Å². The molecule has 0 saturated carbocycles. The van der Waals surface area contributed by atoms with Crippen molar-refractivity contribution in [2.75, 3.05) is 40.0 Å². The van der Waals surface area contributed by atoms with E-state index in [-0.39, 0.29) is 12.5 Å². The van der Waals surface area contributed by atoms with Crippen molar-refractivity contribution in [2.24, 2.45) is 0 Å². The Morgan fingerprint density at radius 3 is 2.50 bits per heavy atom. The number of carbonyl (C=O) groups excluding carboxylic acids is 1. The van der Waals surface area contributed by atoms with Crippen LogP contribution in [0.5, 0.6) is 5.75 Å². The van der Waals surface area contributed by atoms with E-state index in [1.165, 1.54) is 0 Å². The summed E-state index contributed by atoms with van der Waals surface area (Å²) in [4.78, 5) is 11.9. The van der Waals surface area contributed by atoms with Gasteiger partial charge in [0.2, 0.25) is 0 Å². The van der Waals surface area contributed by atoms with E-state index in [4.69, 9.17) is 9.47 Å². The number of nitrogens with one attached hydrogen (secondary N) is 2. The fourth-order valence-corrected chi connectivity index (χ4v) is 2.23. The van der Waals surface area contributed by atoms with E-state index in [2.05, 4.69) is 10.6 Å². The normalized spacial score (nSPS) is 10.4. The lowest BCUT2D eigenvalue weighted by Crippen LogP contribution is -2.35. The molecule has 5 nitrogen and oxygen atoms in total. The summed E-state index contributed by atoms with van der Waals surface area (Å²) in [6.45, 7) is 2.70. The number of benzene rings is 2. The second-order valence-electron chi connectivity index (χ2n) is 5.24. The highest BCUT2D eigenvalue weighted by atomic mass is 16.5. The molecular weight excluding hydrogens is 304 g/mol. The molecule has 1 amide bonds. The Labute approximate surface area is 143 Å².